The number of anilines is 1. The molecule has 0 aliphatic carbocycles. The van der Waals surface area contributed by atoms with Gasteiger partial charge in [-0.1, -0.05) is 34.1 Å². The van der Waals surface area contributed by atoms with Crippen LogP contribution in [0.2, 0.25) is 0 Å². The molecular weight excluding hydrogens is 462 g/mol. The Morgan fingerprint density at radius 1 is 1.30 bits per heavy atom. The summed E-state index contributed by atoms with van der Waals surface area (Å²) in [6.45, 7) is 1.20. The van der Waals surface area contributed by atoms with Crippen LogP contribution in [0.25, 0.3) is 6.08 Å². The van der Waals surface area contributed by atoms with Crippen LogP contribution < -0.4 is 15.2 Å². The SMILES string of the molecule is CC(Oc1c(C=C2C(=O)NN(c3ccccc3)C2=O)cc(Br)cc1[N+](=O)[O-])C(=O)O. The van der Waals surface area contributed by atoms with Crippen LogP contribution in [0.4, 0.5) is 11.4 Å². The minimum Gasteiger partial charge on any atom is -0.479 e. The van der Waals surface area contributed by atoms with Crippen molar-refractivity contribution < 1.29 is 29.2 Å². The number of carboxylic acid groups (broad SMARTS) is 1. The van der Waals surface area contributed by atoms with Crippen molar-refractivity contribution >= 4 is 51.2 Å². The van der Waals surface area contributed by atoms with E-state index in [1.54, 1.807) is 30.3 Å². The number of hydrazine groups is 1. The molecule has 0 aromatic heterocycles. The number of para-hydroxylation sites is 1. The van der Waals surface area contributed by atoms with Crippen LogP contribution in [0.5, 0.6) is 5.75 Å². The number of halogens is 1. The number of nitro benzene ring substituents is 1. The summed E-state index contributed by atoms with van der Waals surface area (Å²) in [5, 5.41) is 21.6. The summed E-state index contributed by atoms with van der Waals surface area (Å²) in [5.41, 5.74) is 2.03. The molecule has 0 spiro atoms. The summed E-state index contributed by atoms with van der Waals surface area (Å²) >= 11 is 3.14. The number of ether oxygens (including phenoxy) is 1. The molecular formula is C19H14BrN3O7. The minimum absolute atomic E-state index is 0.00223. The van der Waals surface area contributed by atoms with Crippen LogP contribution in [-0.2, 0) is 14.4 Å². The number of nitro groups is 1. The van der Waals surface area contributed by atoms with Crippen molar-refractivity contribution in [3.05, 3.63) is 68.2 Å². The lowest BCUT2D eigenvalue weighted by atomic mass is 10.1. The number of carboxylic acids is 1. The molecule has 0 radical (unpaired) electrons. The predicted octanol–water partition coefficient (Wildman–Crippen LogP) is 2.67. The van der Waals surface area contributed by atoms with Gasteiger partial charge in [-0.25, -0.2) is 9.80 Å². The molecule has 1 unspecified atom stereocenters. The van der Waals surface area contributed by atoms with Crippen LogP contribution >= 0.6 is 15.9 Å². The number of nitrogens with zero attached hydrogens (tertiary/aromatic N) is 2. The number of carbonyl (C=O) groups excluding carboxylic acids is 2. The summed E-state index contributed by atoms with van der Waals surface area (Å²) in [6, 6.07) is 10.9. The van der Waals surface area contributed by atoms with Crippen molar-refractivity contribution in [2.24, 2.45) is 0 Å². The Labute approximate surface area is 178 Å². The molecule has 1 aliphatic heterocycles. The molecule has 2 amide bonds. The van der Waals surface area contributed by atoms with Gasteiger partial charge < -0.3 is 9.84 Å². The number of aliphatic carboxylic acids is 1. The third kappa shape index (κ3) is 4.15. The molecule has 10 nitrogen and oxygen atoms in total. The second kappa shape index (κ2) is 8.33. The molecule has 1 fully saturated rings. The first-order valence-corrected chi connectivity index (χ1v) is 9.28. The number of amides is 2. The number of carbonyl (C=O) groups is 3. The standard InChI is InChI=1S/C19H14BrN3O7/c1-10(19(26)27)30-16-11(7-12(20)9-15(16)23(28)29)8-14-17(24)21-22(18(14)25)13-5-3-2-4-6-13/h2-10H,1H3,(H,21,24)(H,26,27). The summed E-state index contributed by atoms with van der Waals surface area (Å²) in [5.74, 6) is -3.10. The van der Waals surface area contributed by atoms with E-state index in [1.807, 2.05) is 0 Å². The average Bonchev–Trinajstić information content (AvgIpc) is 2.98. The number of nitrogens with one attached hydrogen (secondary N) is 1. The van der Waals surface area contributed by atoms with Crippen molar-refractivity contribution in [3.63, 3.8) is 0 Å². The van der Waals surface area contributed by atoms with Crippen LogP contribution in [0, 0.1) is 10.1 Å². The second-order valence-electron chi connectivity index (χ2n) is 6.17. The van der Waals surface area contributed by atoms with Gasteiger partial charge in [0.25, 0.3) is 11.8 Å². The Kier molecular flexibility index (Phi) is 5.83. The van der Waals surface area contributed by atoms with E-state index in [2.05, 4.69) is 21.4 Å². The third-order valence-electron chi connectivity index (χ3n) is 4.11. The van der Waals surface area contributed by atoms with E-state index < -0.39 is 34.5 Å². The van der Waals surface area contributed by atoms with Gasteiger partial charge in [0.1, 0.15) is 5.57 Å². The number of hydrogen-bond acceptors (Lipinski definition) is 6. The fourth-order valence-corrected chi connectivity index (χ4v) is 3.13. The van der Waals surface area contributed by atoms with E-state index in [0.29, 0.717) is 5.69 Å². The maximum absolute atomic E-state index is 12.8. The quantitative estimate of drug-likeness (QED) is 0.283. The highest BCUT2D eigenvalue weighted by molar-refractivity contribution is 9.10. The molecule has 1 heterocycles. The van der Waals surface area contributed by atoms with E-state index in [4.69, 9.17) is 9.84 Å². The molecule has 2 aromatic carbocycles. The van der Waals surface area contributed by atoms with Gasteiger partial charge in [-0.15, -0.1) is 0 Å². The lowest BCUT2D eigenvalue weighted by Gasteiger charge is -2.14. The second-order valence-corrected chi connectivity index (χ2v) is 7.09. The first-order valence-electron chi connectivity index (χ1n) is 8.48. The van der Waals surface area contributed by atoms with E-state index in [9.17, 15) is 24.5 Å². The Hall–Kier alpha value is -3.73. The molecule has 2 N–H and O–H groups in total. The summed E-state index contributed by atoms with van der Waals surface area (Å²) in [6.07, 6.45) is -0.279. The van der Waals surface area contributed by atoms with Gasteiger partial charge in [0.05, 0.1) is 10.6 Å². The first kappa shape index (κ1) is 21.0. The lowest BCUT2D eigenvalue weighted by molar-refractivity contribution is -0.386. The van der Waals surface area contributed by atoms with Gasteiger partial charge in [0.2, 0.25) is 5.75 Å². The van der Waals surface area contributed by atoms with Crippen molar-refractivity contribution in [3.8, 4) is 5.75 Å². The molecule has 1 aliphatic rings. The van der Waals surface area contributed by atoms with E-state index in [1.165, 1.54) is 13.0 Å². The fraction of sp³-hybridized carbons (Fsp3) is 0.105. The Bertz CT molecular complexity index is 1090. The number of hydrogen-bond donors (Lipinski definition) is 2. The van der Waals surface area contributed by atoms with Crippen LogP contribution in [0.15, 0.2) is 52.5 Å². The molecule has 3 rings (SSSR count). The van der Waals surface area contributed by atoms with Crippen LogP contribution in [0.1, 0.15) is 12.5 Å². The predicted molar refractivity (Wildman–Crippen MR) is 109 cm³/mol. The minimum atomic E-state index is -1.41. The third-order valence-corrected chi connectivity index (χ3v) is 4.57. The van der Waals surface area contributed by atoms with Crippen molar-refractivity contribution in [2.45, 2.75) is 13.0 Å². The highest BCUT2D eigenvalue weighted by Crippen LogP contribution is 2.37. The van der Waals surface area contributed by atoms with Gasteiger partial charge in [-0.3, -0.25) is 25.1 Å². The van der Waals surface area contributed by atoms with Crippen molar-refractivity contribution in [2.75, 3.05) is 5.01 Å². The molecule has 0 saturated carbocycles. The van der Waals surface area contributed by atoms with Gasteiger partial charge >= 0.3 is 11.7 Å². The maximum Gasteiger partial charge on any atom is 0.344 e. The molecule has 2 aromatic rings. The smallest absolute Gasteiger partial charge is 0.344 e. The zero-order valence-corrected chi connectivity index (χ0v) is 17.0. The van der Waals surface area contributed by atoms with E-state index in [0.717, 1.165) is 17.2 Å². The number of rotatable bonds is 6. The van der Waals surface area contributed by atoms with Crippen molar-refractivity contribution in [1.82, 2.24) is 5.43 Å². The van der Waals surface area contributed by atoms with E-state index in [-0.39, 0.29) is 21.4 Å². The van der Waals surface area contributed by atoms with Crippen LogP contribution in [0.3, 0.4) is 0 Å². The summed E-state index contributed by atoms with van der Waals surface area (Å²) in [7, 11) is 0. The van der Waals surface area contributed by atoms with Gasteiger partial charge in [-0.2, -0.15) is 0 Å². The Morgan fingerprint density at radius 3 is 2.57 bits per heavy atom. The van der Waals surface area contributed by atoms with Crippen molar-refractivity contribution in [1.29, 1.82) is 0 Å². The maximum atomic E-state index is 12.8. The van der Waals surface area contributed by atoms with Crippen LogP contribution in [-0.4, -0.2) is 33.9 Å². The van der Waals surface area contributed by atoms with Gasteiger partial charge in [0.15, 0.2) is 6.10 Å². The fourth-order valence-electron chi connectivity index (χ4n) is 2.67. The highest BCUT2D eigenvalue weighted by Gasteiger charge is 2.35. The first-order chi connectivity index (χ1) is 14.2. The molecule has 11 heteroatoms. The molecule has 0 bridgehead atoms. The monoisotopic (exact) mass is 475 g/mol. The zero-order chi connectivity index (χ0) is 22.0. The Balaban J connectivity index is 2.09. The van der Waals surface area contributed by atoms with Gasteiger partial charge in [-0.05, 0) is 31.2 Å². The van der Waals surface area contributed by atoms with Gasteiger partial charge in [0, 0.05) is 16.1 Å². The highest BCUT2D eigenvalue weighted by atomic mass is 79.9. The normalized spacial score (nSPS) is 15.8. The largest absolute Gasteiger partial charge is 0.479 e. The van der Waals surface area contributed by atoms with E-state index >= 15 is 0 Å². The zero-order valence-electron chi connectivity index (χ0n) is 15.4. The topological polar surface area (TPSA) is 139 Å². The Morgan fingerprint density at radius 2 is 1.97 bits per heavy atom. The molecule has 30 heavy (non-hydrogen) atoms. The molecule has 1 saturated heterocycles. The summed E-state index contributed by atoms with van der Waals surface area (Å²) in [4.78, 5) is 47.0. The molecule has 1 atom stereocenters. The lowest BCUT2D eigenvalue weighted by Crippen LogP contribution is -2.35. The number of benzene rings is 2. The summed E-state index contributed by atoms with van der Waals surface area (Å²) < 4.78 is 5.56. The molecule has 154 valence electrons. The average molecular weight is 476 g/mol.